The lowest BCUT2D eigenvalue weighted by atomic mass is 9.99. The van der Waals surface area contributed by atoms with E-state index < -0.39 is 0 Å². The monoisotopic (exact) mass is 193 g/mol. The molecule has 0 aliphatic carbocycles. The van der Waals surface area contributed by atoms with Crippen molar-refractivity contribution in [1.82, 2.24) is 0 Å². The zero-order valence-electron chi connectivity index (χ0n) is 9.17. The first-order valence-corrected chi connectivity index (χ1v) is 5.11. The largest absolute Gasteiger partial charge is 0.398 e. The van der Waals surface area contributed by atoms with Crippen molar-refractivity contribution >= 4 is 5.69 Å². The first-order chi connectivity index (χ1) is 6.56. The Morgan fingerprint density at radius 1 is 1.29 bits per heavy atom. The van der Waals surface area contributed by atoms with Crippen LogP contribution in [0.3, 0.4) is 0 Å². The first kappa shape index (κ1) is 11.1. The lowest BCUT2D eigenvalue weighted by Gasteiger charge is -2.13. The maximum atomic E-state index is 9.82. The molecule has 2 nitrogen and oxygen atoms in total. The van der Waals surface area contributed by atoms with Crippen LogP contribution in [0.2, 0.25) is 0 Å². The number of nitrogen functional groups attached to an aromatic ring is 1. The number of benzene rings is 1. The van der Waals surface area contributed by atoms with E-state index in [4.69, 9.17) is 5.73 Å². The number of rotatable bonds is 3. The highest BCUT2D eigenvalue weighted by atomic mass is 16.3. The van der Waals surface area contributed by atoms with Crippen LogP contribution in [0.4, 0.5) is 5.69 Å². The third-order valence-corrected chi connectivity index (χ3v) is 2.56. The van der Waals surface area contributed by atoms with E-state index in [1.807, 2.05) is 26.0 Å². The number of anilines is 1. The van der Waals surface area contributed by atoms with Crippen molar-refractivity contribution in [2.75, 3.05) is 5.73 Å². The highest BCUT2D eigenvalue weighted by Crippen LogP contribution is 2.25. The van der Waals surface area contributed by atoms with Crippen molar-refractivity contribution in [2.45, 2.75) is 39.7 Å². The molecule has 0 aliphatic heterocycles. The maximum Gasteiger partial charge on any atom is 0.0790 e. The molecule has 0 amide bonds. The van der Waals surface area contributed by atoms with Crippen LogP contribution in [0.25, 0.3) is 0 Å². The van der Waals surface area contributed by atoms with Crippen LogP contribution in [0.15, 0.2) is 12.1 Å². The SMILES string of the molecule is CCCC(O)c1cc(C)c(N)c(C)c1. The van der Waals surface area contributed by atoms with E-state index in [0.717, 1.165) is 35.2 Å². The molecule has 0 radical (unpaired) electrons. The summed E-state index contributed by atoms with van der Waals surface area (Å²) in [5, 5.41) is 9.82. The number of aliphatic hydroxyl groups excluding tert-OH is 1. The van der Waals surface area contributed by atoms with Gasteiger partial charge in [-0.05, 0) is 37.0 Å². The van der Waals surface area contributed by atoms with Crippen LogP contribution in [0, 0.1) is 13.8 Å². The summed E-state index contributed by atoms with van der Waals surface area (Å²) in [6.07, 6.45) is 1.45. The van der Waals surface area contributed by atoms with Gasteiger partial charge >= 0.3 is 0 Å². The molecule has 1 atom stereocenters. The van der Waals surface area contributed by atoms with E-state index in [1.165, 1.54) is 0 Å². The Kier molecular flexibility index (Phi) is 3.53. The first-order valence-electron chi connectivity index (χ1n) is 5.11. The molecule has 1 unspecified atom stereocenters. The fraction of sp³-hybridized carbons (Fsp3) is 0.500. The Balaban J connectivity index is 3.00. The molecule has 0 aromatic heterocycles. The summed E-state index contributed by atoms with van der Waals surface area (Å²) in [5.74, 6) is 0. The van der Waals surface area contributed by atoms with Crippen molar-refractivity contribution in [3.8, 4) is 0 Å². The Morgan fingerprint density at radius 3 is 2.21 bits per heavy atom. The van der Waals surface area contributed by atoms with Gasteiger partial charge in [-0.3, -0.25) is 0 Å². The van der Waals surface area contributed by atoms with E-state index in [1.54, 1.807) is 0 Å². The van der Waals surface area contributed by atoms with Gasteiger partial charge in [0.25, 0.3) is 0 Å². The second-order valence-corrected chi connectivity index (χ2v) is 3.87. The van der Waals surface area contributed by atoms with Gasteiger partial charge in [-0.2, -0.15) is 0 Å². The number of aryl methyl sites for hydroxylation is 2. The molecule has 0 saturated heterocycles. The summed E-state index contributed by atoms with van der Waals surface area (Å²) in [6, 6.07) is 3.95. The van der Waals surface area contributed by atoms with E-state index in [0.29, 0.717) is 0 Å². The zero-order chi connectivity index (χ0) is 10.7. The van der Waals surface area contributed by atoms with Gasteiger partial charge in [0, 0.05) is 5.69 Å². The van der Waals surface area contributed by atoms with Gasteiger partial charge in [0.15, 0.2) is 0 Å². The van der Waals surface area contributed by atoms with E-state index in [9.17, 15) is 5.11 Å². The minimum Gasteiger partial charge on any atom is -0.398 e. The van der Waals surface area contributed by atoms with E-state index in [2.05, 4.69) is 6.92 Å². The second kappa shape index (κ2) is 4.47. The third-order valence-electron chi connectivity index (χ3n) is 2.56. The fourth-order valence-electron chi connectivity index (χ4n) is 1.64. The van der Waals surface area contributed by atoms with Crippen LogP contribution in [0.1, 0.15) is 42.6 Å². The number of aliphatic hydroxyl groups is 1. The molecule has 0 heterocycles. The van der Waals surface area contributed by atoms with Gasteiger partial charge < -0.3 is 10.8 Å². The lowest BCUT2D eigenvalue weighted by Crippen LogP contribution is -2.01. The summed E-state index contributed by atoms with van der Waals surface area (Å²) >= 11 is 0. The normalized spacial score (nSPS) is 12.9. The fourth-order valence-corrected chi connectivity index (χ4v) is 1.64. The Labute approximate surface area is 85.8 Å². The van der Waals surface area contributed by atoms with Gasteiger partial charge in [-0.25, -0.2) is 0 Å². The molecular weight excluding hydrogens is 174 g/mol. The highest BCUT2D eigenvalue weighted by molar-refractivity contribution is 5.54. The lowest BCUT2D eigenvalue weighted by molar-refractivity contribution is 0.166. The standard InChI is InChI=1S/C12H19NO/c1-4-5-11(14)10-6-8(2)12(13)9(3)7-10/h6-7,11,14H,4-5,13H2,1-3H3. The van der Waals surface area contributed by atoms with Gasteiger partial charge in [0.1, 0.15) is 0 Å². The molecule has 0 saturated carbocycles. The summed E-state index contributed by atoms with van der Waals surface area (Å²) in [6.45, 7) is 6.02. The quantitative estimate of drug-likeness (QED) is 0.725. The van der Waals surface area contributed by atoms with Crippen molar-refractivity contribution in [2.24, 2.45) is 0 Å². The molecule has 78 valence electrons. The molecule has 1 aromatic rings. The highest BCUT2D eigenvalue weighted by Gasteiger charge is 2.09. The number of nitrogens with two attached hydrogens (primary N) is 1. The van der Waals surface area contributed by atoms with Crippen LogP contribution in [-0.4, -0.2) is 5.11 Å². The zero-order valence-corrected chi connectivity index (χ0v) is 9.17. The van der Waals surface area contributed by atoms with E-state index in [-0.39, 0.29) is 6.10 Å². The molecular formula is C12H19NO. The van der Waals surface area contributed by atoms with Crippen LogP contribution in [-0.2, 0) is 0 Å². The van der Waals surface area contributed by atoms with Crippen LogP contribution < -0.4 is 5.73 Å². The predicted molar refractivity (Wildman–Crippen MR) is 60.2 cm³/mol. The molecule has 0 fully saturated rings. The van der Waals surface area contributed by atoms with Gasteiger partial charge in [-0.1, -0.05) is 25.5 Å². The molecule has 3 N–H and O–H groups in total. The maximum absolute atomic E-state index is 9.82. The van der Waals surface area contributed by atoms with Gasteiger partial charge in [0.05, 0.1) is 6.10 Å². The molecule has 14 heavy (non-hydrogen) atoms. The summed E-state index contributed by atoms with van der Waals surface area (Å²) in [4.78, 5) is 0. The van der Waals surface area contributed by atoms with Crippen molar-refractivity contribution in [1.29, 1.82) is 0 Å². The topological polar surface area (TPSA) is 46.2 Å². The number of hydrogen-bond donors (Lipinski definition) is 2. The van der Waals surface area contributed by atoms with Gasteiger partial charge in [-0.15, -0.1) is 0 Å². The molecule has 0 aliphatic rings. The summed E-state index contributed by atoms with van der Waals surface area (Å²) in [5.41, 5.74) is 9.76. The Bertz CT molecular complexity index is 297. The Morgan fingerprint density at radius 2 is 1.79 bits per heavy atom. The van der Waals surface area contributed by atoms with Crippen LogP contribution >= 0.6 is 0 Å². The van der Waals surface area contributed by atoms with Crippen LogP contribution in [0.5, 0.6) is 0 Å². The van der Waals surface area contributed by atoms with Crippen molar-refractivity contribution in [3.05, 3.63) is 28.8 Å². The summed E-state index contributed by atoms with van der Waals surface area (Å²) in [7, 11) is 0. The Hall–Kier alpha value is -1.02. The average Bonchev–Trinajstić information content (AvgIpc) is 2.13. The molecule has 2 heteroatoms. The molecule has 1 aromatic carbocycles. The third kappa shape index (κ3) is 2.26. The second-order valence-electron chi connectivity index (χ2n) is 3.87. The number of hydrogen-bond acceptors (Lipinski definition) is 2. The predicted octanol–water partition coefficient (Wildman–Crippen LogP) is 2.72. The van der Waals surface area contributed by atoms with E-state index >= 15 is 0 Å². The summed E-state index contributed by atoms with van der Waals surface area (Å²) < 4.78 is 0. The molecule has 0 spiro atoms. The average molecular weight is 193 g/mol. The molecule has 0 bridgehead atoms. The van der Waals surface area contributed by atoms with Crippen molar-refractivity contribution < 1.29 is 5.11 Å². The minimum atomic E-state index is -0.349. The minimum absolute atomic E-state index is 0.349. The smallest absolute Gasteiger partial charge is 0.0790 e. The molecule has 1 rings (SSSR count). The van der Waals surface area contributed by atoms with Gasteiger partial charge in [0.2, 0.25) is 0 Å². The van der Waals surface area contributed by atoms with Crippen molar-refractivity contribution in [3.63, 3.8) is 0 Å².